The predicted molar refractivity (Wildman–Crippen MR) is 97.5 cm³/mol. The zero-order chi connectivity index (χ0) is 18.6. The fourth-order valence-corrected chi connectivity index (χ4v) is 5.60. The van der Waals surface area contributed by atoms with E-state index in [-0.39, 0.29) is 16.7 Å². The number of nitrogens with one attached hydrogen (secondary N) is 1. The predicted octanol–water partition coefficient (Wildman–Crippen LogP) is 3.07. The number of piperidine rings is 1. The van der Waals surface area contributed by atoms with Crippen LogP contribution < -0.4 is 5.32 Å². The molecule has 3 rings (SSSR count). The fourth-order valence-electron chi connectivity index (χ4n) is 3.98. The van der Waals surface area contributed by atoms with Gasteiger partial charge >= 0.3 is 0 Å². The number of hydrogen-bond acceptors (Lipinski definition) is 3. The second-order valence-corrected chi connectivity index (χ2v) is 9.30. The summed E-state index contributed by atoms with van der Waals surface area (Å²) in [6.07, 6.45) is 7.21. The zero-order valence-electron chi connectivity index (χ0n) is 15.0. The Labute approximate surface area is 155 Å². The molecule has 5 nitrogen and oxygen atoms in total. The minimum atomic E-state index is -3.83. The van der Waals surface area contributed by atoms with Crippen molar-refractivity contribution in [3.05, 3.63) is 30.1 Å². The smallest absolute Gasteiger partial charge is 0.245 e. The van der Waals surface area contributed by atoms with E-state index in [0.717, 1.165) is 25.7 Å². The molecule has 0 aromatic heterocycles. The Bertz CT molecular complexity index is 732. The second-order valence-electron chi connectivity index (χ2n) is 7.39. The maximum Gasteiger partial charge on any atom is 0.245 e. The molecule has 0 spiro atoms. The maximum absolute atomic E-state index is 13.9. The van der Waals surface area contributed by atoms with Gasteiger partial charge in [-0.1, -0.05) is 25.0 Å². The third kappa shape index (κ3) is 4.62. The van der Waals surface area contributed by atoms with Crippen molar-refractivity contribution in [3.8, 4) is 0 Å². The van der Waals surface area contributed by atoms with Crippen molar-refractivity contribution in [2.45, 2.75) is 62.3 Å². The number of carbonyl (C=O) groups is 1. The minimum Gasteiger partial charge on any atom is -0.353 e. The van der Waals surface area contributed by atoms with E-state index in [4.69, 9.17) is 0 Å². The van der Waals surface area contributed by atoms with Crippen LogP contribution in [0.5, 0.6) is 0 Å². The molecule has 2 aliphatic rings. The van der Waals surface area contributed by atoms with E-state index >= 15 is 0 Å². The molecule has 1 aromatic carbocycles. The maximum atomic E-state index is 13.9. The number of halogens is 1. The highest BCUT2D eigenvalue weighted by molar-refractivity contribution is 7.89. The quantitative estimate of drug-likeness (QED) is 0.822. The molecule has 1 saturated heterocycles. The summed E-state index contributed by atoms with van der Waals surface area (Å²) in [7, 11) is -3.83. The van der Waals surface area contributed by atoms with Crippen LogP contribution >= 0.6 is 0 Å². The van der Waals surface area contributed by atoms with Crippen LogP contribution in [0.15, 0.2) is 29.2 Å². The molecule has 1 aliphatic carbocycles. The Morgan fingerprint density at radius 1 is 1.15 bits per heavy atom. The van der Waals surface area contributed by atoms with E-state index in [2.05, 4.69) is 5.32 Å². The van der Waals surface area contributed by atoms with E-state index in [1.54, 1.807) is 0 Å². The Hall–Kier alpha value is -1.47. The third-order valence-electron chi connectivity index (χ3n) is 5.44. The van der Waals surface area contributed by atoms with Crippen LogP contribution in [0.1, 0.15) is 51.4 Å². The number of benzene rings is 1. The second kappa shape index (κ2) is 8.48. The summed E-state index contributed by atoms with van der Waals surface area (Å²) in [4.78, 5) is 11.8. The normalized spacial score (nSPS) is 22.4. The monoisotopic (exact) mass is 382 g/mol. The van der Waals surface area contributed by atoms with Crippen molar-refractivity contribution in [3.63, 3.8) is 0 Å². The molecule has 2 fully saturated rings. The van der Waals surface area contributed by atoms with Crippen LogP contribution in [0.2, 0.25) is 0 Å². The van der Waals surface area contributed by atoms with Crippen LogP contribution in [0.3, 0.4) is 0 Å². The molecule has 1 N–H and O–H groups in total. The number of nitrogens with zero attached hydrogens (tertiary/aromatic N) is 1. The van der Waals surface area contributed by atoms with Gasteiger partial charge in [-0.3, -0.25) is 4.79 Å². The van der Waals surface area contributed by atoms with Crippen molar-refractivity contribution in [1.82, 2.24) is 9.62 Å². The van der Waals surface area contributed by atoms with Crippen LogP contribution in [0.25, 0.3) is 0 Å². The minimum absolute atomic E-state index is 0.0611. The van der Waals surface area contributed by atoms with Gasteiger partial charge in [0.25, 0.3) is 0 Å². The molecule has 7 heteroatoms. The molecule has 1 heterocycles. The average molecular weight is 383 g/mol. The lowest BCUT2D eigenvalue weighted by atomic mass is 9.94. The lowest BCUT2D eigenvalue weighted by Gasteiger charge is -2.32. The molecule has 1 aromatic rings. The summed E-state index contributed by atoms with van der Waals surface area (Å²) < 4.78 is 40.8. The third-order valence-corrected chi connectivity index (χ3v) is 7.33. The van der Waals surface area contributed by atoms with Gasteiger partial charge in [0.15, 0.2) is 0 Å². The topological polar surface area (TPSA) is 66.5 Å². The van der Waals surface area contributed by atoms with E-state index in [1.165, 1.54) is 41.4 Å². The van der Waals surface area contributed by atoms with Crippen molar-refractivity contribution < 1.29 is 17.6 Å². The molecular weight excluding hydrogens is 355 g/mol. The Kier molecular flexibility index (Phi) is 6.29. The Morgan fingerprint density at radius 2 is 1.88 bits per heavy atom. The summed E-state index contributed by atoms with van der Waals surface area (Å²) in [5.74, 6) is -0.517. The van der Waals surface area contributed by atoms with Gasteiger partial charge in [-0.25, -0.2) is 12.8 Å². The Morgan fingerprint density at radius 3 is 2.62 bits per heavy atom. The first kappa shape index (κ1) is 19.3. The van der Waals surface area contributed by atoms with Gasteiger partial charge in [0, 0.05) is 25.6 Å². The van der Waals surface area contributed by atoms with Gasteiger partial charge in [0.05, 0.1) is 0 Å². The number of rotatable bonds is 6. The van der Waals surface area contributed by atoms with Gasteiger partial charge in [-0.2, -0.15) is 4.31 Å². The standard InChI is InChI=1S/C19H27FN2O3S/c20-17-9-3-4-10-18(17)26(24,25)22-13-5-6-15(14-22)11-12-19(23)21-16-7-1-2-8-16/h3-4,9-10,15-16H,1-2,5-8,11-14H2,(H,21,23). The van der Waals surface area contributed by atoms with E-state index in [0.29, 0.717) is 32.0 Å². The van der Waals surface area contributed by atoms with Crippen LogP contribution in [-0.4, -0.2) is 37.8 Å². The van der Waals surface area contributed by atoms with Gasteiger partial charge in [0.1, 0.15) is 10.7 Å². The fraction of sp³-hybridized carbons (Fsp3) is 0.632. The van der Waals surface area contributed by atoms with Crippen LogP contribution in [-0.2, 0) is 14.8 Å². The molecule has 1 aliphatic heterocycles. The molecule has 1 saturated carbocycles. The molecule has 1 amide bonds. The summed E-state index contributed by atoms with van der Waals surface area (Å²) >= 11 is 0. The van der Waals surface area contributed by atoms with Crippen LogP contribution in [0, 0.1) is 11.7 Å². The zero-order valence-corrected chi connectivity index (χ0v) is 15.8. The highest BCUT2D eigenvalue weighted by Gasteiger charge is 2.32. The molecule has 26 heavy (non-hydrogen) atoms. The first-order chi connectivity index (χ1) is 12.5. The van der Waals surface area contributed by atoms with Crippen molar-refractivity contribution in [2.75, 3.05) is 13.1 Å². The number of sulfonamides is 1. The highest BCUT2D eigenvalue weighted by Crippen LogP contribution is 2.27. The molecule has 1 atom stereocenters. The van der Waals surface area contributed by atoms with Crippen molar-refractivity contribution in [1.29, 1.82) is 0 Å². The van der Waals surface area contributed by atoms with Gasteiger partial charge in [-0.15, -0.1) is 0 Å². The molecule has 144 valence electrons. The first-order valence-corrected chi connectivity index (χ1v) is 10.9. The lowest BCUT2D eigenvalue weighted by Crippen LogP contribution is -2.40. The van der Waals surface area contributed by atoms with E-state index in [9.17, 15) is 17.6 Å². The number of hydrogen-bond donors (Lipinski definition) is 1. The van der Waals surface area contributed by atoms with Crippen LogP contribution in [0.4, 0.5) is 4.39 Å². The van der Waals surface area contributed by atoms with Gasteiger partial charge < -0.3 is 5.32 Å². The molecule has 0 bridgehead atoms. The summed E-state index contributed by atoms with van der Waals surface area (Å²) in [5, 5.41) is 3.07. The molecule has 0 radical (unpaired) electrons. The SMILES string of the molecule is O=C(CCC1CCCN(S(=O)(=O)c2ccccc2F)C1)NC1CCCC1. The summed E-state index contributed by atoms with van der Waals surface area (Å²) in [6, 6.07) is 5.80. The van der Waals surface area contributed by atoms with Gasteiger partial charge in [-0.05, 0) is 50.2 Å². The molecular formula is C19H27FN2O3S. The summed E-state index contributed by atoms with van der Waals surface area (Å²) in [5.41, 5.74) is 0. The number of carbonyl (C=O) groups excluding carboxylic acids is 1. The average Bonchev–Trinajstić information content (AvgIpc) is 3.13. The largest absolute Gasteiger partial charge is 0.353 e. The van der Waals surface area contributed by atoms with E-state index < -0.39 is 15.8 Å². The van der Waals surface area contributed by atoms with Gasteiger partial charge in [0.2, 0.25) is 15.9 Å². The molecule has 1 unspecified atom stereocenters. The first-order valence-electron chi connectivity index (χ1n) is 9.51. The lowest BCUT2D eigenvalue weighted by molar-refractivity contribution is -0.122. The van der Waals surface area contributed by atoms with Crippen molar-refractivity contribution in [2.24, 2.45) is 5.92 Å². The van der Waals surface area contributed by atoms with E-state index in [1.807, 2.05) is 0 Å². The highest BCUT2D eigenvalue weighted by atomic mass is 32.2. The summed E-state index contributed by atoms with van der Waals surface area (Å²) in [6.45, 7) is 0.759. The van der Waals surface area contributed by atoms with Crippen molar-refractivity contribution >= 4 is 15.9 Å². The Balaban J connectivity index is 1.55. The number of amides is 1.